The zero-order valence-corrected chi connectivity index (χ0v) is 10.7. The highest BCUT2D eigenvalue weighted by Crippen LogP contribution is 2.19. The number of anilines is 1. The first-order valence-corrected chi connectivity index (χ1v) is 6.34. The molecule has 17 heavy (non-hydrogen) atoms. The molecule has 1 aliphatic rings. The molecule has 0 spiro atoms. The van der Waals surface area contributed by atoms with E-state index in [-0.39, 0.29) is 6.04 Å². The minimum Gasteiger partial charge on any atom is -0.379 e. The number of rotatable bonds is 4. The number of nitrogens with zero attached hydrogens (tertiary/aromatic N) is 1. The number of aryl methyl sites for hydroxylation is 1. The van der Waals surface area contributed by atoms with Crippen LogP contribution in [-0.4, -0.2) is 32.8 Å². The summed E-state index contributed by atoms with van der Waals surface area (Å²) in [5.41, 5.74) is 8.63. The van der Waals surface area contributed by atoms with Gasteiger partial charge in [0.15, 0.2) is 0 Å². The van der Waals surface area contributed by atoms with E-state index in [1.807, 2.05) is 0 Å². The van der Waals surface area contributed by atoms with Crippen molar-refractivity contribution in [3.8, 4) is 0 Å². The topological polar surface area (TPSA) is 38.5 Å². The van der Waals surface area contributed by atoms with E-state index in [4.69, 9.17) is 10.5 Å². The Bertz CT molecular complexity index is 350. The van der Waals surface area contributed by atoms with Gasteiger partial charge in [-0.25, -0.2) is 0 Å². The molecule has 3 nitrogen and oxygen atoms in total. The van der Waals surface area contributed by atoms with Crippen LogP contribution in [0.25, 0.3) is 0 Å². The van der Waals surface area contributed by atoms with Crippen molar-refractivity contribution in [2.24, 2.45) is 11.7 Å². The SMILES string of the molecule is CCc1ccc(N(C)CC2COCC2N)cc1. The Morgan fingerprint density at radius 2 is 2.00 bits per heavy atom. The first kappa shape index (κ1) is 12.4. The van der Waals surface area contributed by atoms with Crippen molar-refractivity contribution >= 4 is 5.69 Å². The summed E-state index contributed by atoms with van der Waals surface area (Å²) in [6, 6.07) is 8.93. The fourth-order valence-corrected chi connectivity index (χ4v) is 2.25. The average molecular weight is 234 g/mol. The van der Waals surface area contributed by atoms with Crippen molar-refractivity contribution < 1.29 is 4.74 Å². The van der Waals surface area contributed by atoms with Crippen LogP contribution in [0, 0.1) is 5.92 Å². The summed E-state index contributed by atoms with van der Waals surface area (Å²) in [5.74, 6) is 0.450. The van der Waals surface area contributed by atoms with Crippen LogP contribution in [0.5, 0.6) is 0 Å². The molecule has 1 aromatic rings. The van der Waals surface area contributed by atoms with Gasteiger partial charge < -0.3 is 15.4 Å². The van der Waals surface area contributed by atoms with E-state index >= 15 is 0 Å². The third-order valence-corrected chi connectivity index (χ3v) is 3.54. The molecule has 2 atom stereocenters. The lowest BCUT2D eigenvalue weighted by molar-refractivity contribution is 0.185. The lowest BCUT2D eigenvalue weighted by Crippen LogP contribution is -2.36. The zero-order chi connectivity index (χ0) is 12.3. The maximum atomic E-state index is 6.00. The molecule has 1 saturated heterocycles. The van der Waals surface area contributed by atoms with E-state index in [0.29, 0.717) is 12.5 Å². The Morgan fingerprint density at radius 3 is 2.53 bits per heavy atom. The fraction of sp³-hybridized carbons (Fsp3) is 0.571. The molecule has 1 aliphatic heterocycles. The van der Waals surface area contributed by atoms with Crippen molar-refractivity contribution in [3.63, 3.8) is 0 Å². The van der Waals surface area contributed by atoms with E-state index in [1.54, 1.807) is 0 Å². The highest BCUT2D eigenvalue weighted by atomic mass is 16.5. The van der Waals surface area contributed by atoms with Crippen molar-refractivity contribution in [2.75, 3.05) is 31.7 Å². The summed E-state index contributed by atoms with van der Waals surface area (Å²) < 4.78 is 5.39. The molecule has 0 radical (unpaired) electrons. The first-order chi connectivity index (χ1) is 8.20. The van der Waals surface area contributed by atoms with Gasteiger partial charge in [-0.15, -0.1) is 0 Å². The molecule has 0 saturated carbocycles. The second kappa shape index (κ2) is 5.52. The second-order valence-corrected chi connectivity index (χ2v) is 4.86. The van der Waals surface area contributed by atoms with Crippen LogP contribution in [0.3, 0.4) is 0 Å². The predicted molar refractivity (Wildman–Crippen MR) is 71.4 cm³/mol. The molecule has 2 unspecified atom stereocenters. The molecule has 2 N–H and O–H groups in total. The molecule has 1 fully saturated rings. The third-order valence-electron chi connectivity index (χ3n) is 3.54. The summed E-state index contributed by atoms with van der Waals surface area (Å²) in [6.45, 7) is 4.63. The summed E-state index contributed by atoms with van der Waals surface area (Å²) >= 11 is 0. The molecule has 1 heterocycles. The van der Waals surface area contributed by atoms with Crippen LogP contribution in [0.15, 0.2) is 24.3 Å². The van der Waals surface area contributed by atoms with Gasteiger partial charge in [-0.3, -0.25) is 0 Å². The normalized spacial score (nSPS) is 23.9. The molecule has 0 aliphatic carbocycles. The molecule has 0 aromatic heterocycles. The quantitative estimate of drug-likeness (QED) is 0.861. The monoisotopic (exact) mass is 234 g/mol. The largest absolute Gasteiger partial charge is 0.379 e. The van der Waals surface area contributed by atoms with Crippen LogP contribution in [-0.2, 0) is 11.2 Å². The Hall–Kier alpha value is -1.06. The van der Waals surface area contributed by atoms with E-state index in [2.05, 4.69) is 43.1 Å². The van der Waals surface area contributed by atoms with Crippen molar-refractivity contribution in [1.82, 2.24) is 0 Å². The van der Waals surface area contributed by atoms with Gasteiger partial charge in [-0.05, 0) is 24.1 Å². The van der Waals surface area contributed by atoms with Crippen LogP contribution in [0.2, 0.25) is 0 Å². The van der Waals surface area contributed by atoms with E-state index in [0.717, 1.165) is 19.6 Å². The Kier molecular flexibility index (Phi) is 4.02. The molecule has 1 aromatic carbocycles. The summed E-state index contributed by atoms with van der Waals surface area (Å²) in [6.07, 6.45) is 1.09. The summed E-state index contributed by atoms with van der Waals surface area (Å²) in [5, 5.41) is 0. The molecule has 0 amide bonds. The Balaban J connectivity index is 1.96. The lowest BCUT2D eigenvalue weighted by Gasteiger charge is -2.24. The predicted octanol–water partition coefficient (Wildman–Crippen LogP) is 1.66. The van der Waals surface area contributed by atoms with Gasteiger partial charge in [0.25, 0.3) is 0 Å². The van der Waals surface area contributed by atoms with E-state index < -0.39 is 0 Å². The standard InChI is InChI=1S/C14H22N2O/c1-3-11-4-6-13(7-5-11)16(2)8-12-9-17-10-14(12)15/h4-7,12,14H,3,8-10,15H2,1-2H3. The lowest BCUT2D eigenvalue weighted by atomic mass is 10.0. The second-order valence-electron chi connectivity index (χ2n) is 4.86. The molecule has 0 bridgehead atoms. The van der Waals surface area contributed by atoms with Crippen LogP contribution in [0.1, 0.15) is 12.5 Å². The highest BCUT2D eigenvalue weighted by molar-refractivity contribution is 5.47. The maximum Gasteiger partial charge on any atom is 0.0621 e. The van der Waals surface area contributed by atoms with Gasteiger partial charge in [0.2, 0.25) is 0 Å². The van der Waals surface area contributed by atoms with Gasteiger partial charge in [0, 0.05) is 31.2 Å². The smallest absolute Gasteiger partial charge is 0.0621 e. The number of hydrogen-bond donors (Lipinski definition) is 1. The van der Waals surface area contributed by atoms with Gasteiger partial charge in [0.05, 0.1) is 13.2 Å². The van der Waals surface area contributed by atoms with Gasteiger partial charge in [-0.2, -0.15) is 0 Å². The average Bonchev–Trinajstić information content (AvgIpc) is 2.75. The molecular formula is C14H22N2O. The van der Waals surface area contributed by atoms with Crippen molar-refractivity contribution in [3.05, 3.63) is 29.8 Å². The maximum absolute atomic E-state index is 6.00. The number of benzene rings is 1. The number of hydrogen-bond acceptors (Lipinski definition) is 3. The Morgan fingerprint density at radius 1 is 1.29 bits per heavy atom. The van der Waals surface area contributed by atoms with E-state index in [9.17, 15) is 0 Å². The van der Waals surface area contributed by atoms with Crippen LogP contribution < -0.4 is 10.6 Å². The molecule has 2 rings (SSSR count). The van der Waals surface area contributed by atoms with Crippen LogP contribution in [0.4, 0.5) is 5.69 Å². The minimum absolute atomic E-state index is 0.187. The number of ether oxygens (including phenoxy) is 1. The zero-order valence-electron chi connectivity index (χ0n) is 10.7. The van der Waals surface area contributed by atoms with Crippen molar-refractivity contribution in [2.45, 2.75) is 19.4 Å². The molecule has 94 valence electrons. The third kappa shape index (κ3) is 2.99. The summed E-state index contributed by atoms with van der Waals surface area (Å²) in [4.78, 5) is 2.26. The molecule has 3 heteroatoms. The highest BCUT2D eigenvalue weighted by Gasteiger charge is 2.25. The minimum atomic E-state index is 0.187. The van der Waals surface area contributed by atoms with Gasteiger partial charge in [0.1, 0.15) is 0 Å². The Labute approximate surface area is 104 Å². The van der Waals surface area contributed by atoms with Gasteiger partial charge >= 0.3 is 0 Å². The first-order valence-electron chi connectivity index (χ1n) is 6.34. The fourth-order valence-electron chi connectivity index (χ4n) is 2.25. The summed E-state index contributed by atoms with van der Waals surface area (Å²) in [7, 11) is 2.12. The van der Waals surface area contributed by atoms with E-state index in [1.165, 1.54) is 11.3 Å². The molecular weight excluding hydrogens is 212 g/mol. The van der Waals surface area contributed by atoms with Crippen LogP contribution >= 0.6 is 0 Å². The number of nitrogens with two attached hydrogens (primary N) is 1. The van der Waals surface area contributed by atoms with Crippen molar-refractivity contribution in [1.29, 1.82) is 0 Å². The van der Waals surface area contributed by atoms with Gasteiger partial charge in [-0.1, -0.05) is 19.1 Å².